The highest BCUT2D eigenvalue weighted by Gasteiger charge is 2.43. The van der Waals surface area contributed by atoms with Gasteiger partial charge in [-0.1, -0.05) is 6.08 Å². The highest BCUT2D eigenvalue weighted by atomic mass is 19.1. The lowest BCUT2D eigenvalue weighted by molar-refractivity contribution is -0.117. The molecule has 7 heteroatoms. The van der Waals surface area contributed by atoms with Crippen molar-refractivity contribution in [2.75, 3.05) is 5.32 Å². The average molecular weight is 392 g/mol. The first kappa shape index (κ1) is 19.1. The Labute approximate surface area is 167 Å². The summed E-state index contributed by atoms with van der Waals surface area (Å²) in [6, 6.07) is 5.48. The third kappa shape index (κ3) is 4.00. The number of aliphatic hydroxyl groups is 1. The molecular formula is C22H21FN4O2. The zero-order valence-electron chi connectivity index (χ0n) is 16.0. The van der Waals surface area contributed by atoms with Gasteiger partial charge >= 0.3 is 0 Å². The van der Waals surface area contributed by atoms with E-state index in [1.54, 1.807) is 30.7 Å². The number of aliphatic hydroxyl groups excluding tert-OH is 1. The number of anilines is 1. The molecule has 0 saturated heterocycles. The Balaban J connectivity index is 1.58. The van der Waals surface area contributed by atoms with Crippen LogP contribution in [0.4, 0.5) is 10.2 Å². The van der Waals surface area contributed by atoms with E-state index in [0.717, 1.165) is 22.1 Å². The van der Waals surface area contributed by atoms with Crippen LogP contribution in [0, 0.1) is 12.8 Å². The molecule has 6 nitrogen and oxygen atoms in total. The molecule has 29 heavy (non-hydrogen) atoms. The van der Waals surface area contributed by atoms with E-state index >= 15 is 0 Å². The number of aromatic nitrogens is 3. The fourth-order valence-corrected chi connectivity index (χ4v) is 3.23. The Morgan fingerprint density at radius 3 is 2.79 bits per heavy atom. The minimum atomic E-state index is -1.04. The molecule has 1 aliphatic carbocycles. The first-order valence-corrected chi connectivity index (χ1v) is 9.43. The van der Waals surface area contributed by atoms with E-state index in [1.165, 1.54) is 0 Å². The lowest BCUT2D eigenvalue weighted by atomic mass is 10.0. The molecule has 2 N–H and O–H groups in total. The van der Waals surface area contributed by atoms with Crippen molar-refractivity contribution >= 4 is 22.6 Å². The summed E-state index contributed by atoms with van der Waals surface area (Å²) in [5, 5.41) is 13.5. The van der Waals surface area contributed by atoms with Crippen molar-refractivity contribution in [2.45, 2.75) is 32.0 Å². The molecule has 0 radical (unpaired) electrons. The monoisotopic (exact) mass is 392 g/mol. The smallest absolute Gasteiger partial charge is 0.231 e. The molecule has 0 unspecified atom stereocenters. The third-order valence-electron chi connectivity index (χ3n) is 5.04. The van der Waals surface area contributed by atoms with Gasteiger partial charge in [0.05, 0.1) is 23.2 Å². The second-order valence-electron chi connectivity index (χ2n) is 7.30. The van der Waals surface area contributed by atoms with E-state index in [0.29, 0.717) is 23.4 Å². The van der Waals surface area contributed by atoms with Crippen molar-refractivity contribution < 1.29 is 14.3 Å². The number of fused-ring (bicyclic) bond motifs is 1. The molecule has 3 atom stereocenters. The molecule has 0 aliphatic heterocycles. The largest absolute Gasteiger partial charge is 0.386 e. The van der Waals surface area contributed by atoms with E-state index in [1.807, 2.05) is 19.1 Å². The fourth-order valence-electron chi connectivity index (χ4n) is 3.23. The van der Waals surface area contributed by atoms with Gasteiger partial charge in [-0.2, -0.15) is 0 Å². The van der Waals surface area contributed by atoms with Gasteiger partial charge in [-0.15, -0.1) is 6.58 Å². The Morgan fingerprint density at radius 2 is 2.10 bits per heavy atom. The van der Waals surface area contributed by atoms with Gasteiger partial charge < -0.3 is 10.4 Å². The summed E-state index contributed by atoms with van der Waals surface area (Å²) in [7, 11) is 0. The lowest BCUT2D eigenvalue weighted by Gasteiger charge is -2.12. The van der Waals surface area contributed by atoms with Crippen molar-refractivity contribution in [1.82, 2.24) is 15.0 Å². The van der Waals surface area contributed by atoms with E-state index in [2.05, 4.69) is 26.8 Å². The van der Waals surface area contributed by atoms with Crippen LogP contribution in [0.5, 0.6) is 0 Å². The summed E-state index contributed by atoms with van der Waals surface area (Å²) >= 11 is 0. The maximum Gasteiger partial charge on any atom is 0.231 e. The molecule has 0 aromatic carbocycles. The van der Waals surface area contributed by atoms with E-state index < -0.39 is 18.2 Å². The fraction of sp³-hybridized carbons (Fsp3) is 0.273. The summed E-state index contributed by atoms with van der Waals surface area (Å²) in [4.78, 5) is 25.0. The van der Waals surface area contributed by atoms with Crippen LogP contribution < -0.4 is 5.32 Å². The molecule has 0 bridgehead atoms. The van der Waals surface area contributed by atoms with Crippen molar-refractivity contribution in [2.24, 2.45) is 5.92 Å². The molecule has 1 fully saturated rings. The van der Waals surface area contributed by atoms with Crippen molar-refractivity contribution in [3.63, 3.8) is 0 Å². The van der Waals surface area contributed by atoms with Crippen LogP contribution in [0.15, 0.2) is 49.4 Å². The minimum absolute atomic E-state index is 0.276. The van der Waals surface area contributed by atoms with Crippen molar-refractivity contribution in [3.8, 4) is 11.1 Å². The quantitative estimate of drug-likeness (QED) is 0.621. The van der Waals surface area contributed by atoms with Crippen LogP contribution in [0.2, 0.25) is 0 Å². The predicted octanol–water partition coefficient (Wildman–Crippen LogP) is 3.91. The topological polar surface area (TPSA) is 88.0 Å². The molecule has 3 aromatic heterocycles. The zero-order chi connectivity index (χ0) is 20.5. The lowest BCUT2D eigenvalue weighted by Crippen LogP contribution is -2.15. The van der Waals surface area contributed by atoms with Gasteiger partial charge in [-0.25, -0.2) is 9.37 Å². The van der Waals surface area contributed by atoms with Gasteiger partial charge in [0, 0.05) is 41.2 Å². The molecule has 1 aliphatic rings. The van der Waals surface area contributed by atoms with Gasteiger partial charge in [0.15, 0.2) is 0 Å². The van der Waals surface area contributed by atoms with E-state index in [9.17, 15) is 14.3 Å². The number of rotatable bonds is 6. The highest BCUT2D eigenvalue weighted by Crippen LogP contribution is 2.34. The average Bonchev–Trinajstić information content (AvgIpc) is 3.44. The second-order valence-corrected chi connectivity index (χ2v) is 7.30. The Hall–Kier alpha value is -3.19. The predicted molar refractivity (Wildman–Crippen MR) is 109 cm³/mol. The number of aryl methyl sites for hydroxylation is 1. The van der Waals surface area contributed by atoms with Crippen LogP contribution in [-0.4, -0.2) is 32.1 Å². The number of hydrogen-bond donors (Lipinski definition) is 2. The molecule has 1 amide bonds. The van der Waals surface area contributed by atoms with Crippen molar-refractivity contribution in [1.29, 1.82) is 0 Å². The van der Waals surface area contributed by atoms with Gasteiger partial charge in [-0.05, 0) is 37.5 Å². The molecule has 1 saturated carbocycles. The highest BCUT2D eigenvalue weighted by molar-refractivity contribution is 5.95. The van der Waals surface area contributed by atoms with Gasteiger partial charge in [0.25, 0.3) is 0 Å². The molecule has 148 valence electrons. The zero-order valence-corrected chi connectivity index (χ0v) is 16.0. The van der Waals surface area contributed by atoms with Crippen LogP contribution in [0.25, 0.3) is 22.0 Å². The summed E-state index contributed by atoms with van der Waals surface area (Å²) in [5.74, 6) is -0.548. The Kier molecular flexibility index (Phi) is 5.07. The number of carbonyl (C=O) groups is 1. The number of nitrogens with one attached hydrogen (secondary N) is 1. The number of nitrogens with zero attached hydrogens (tertiary/aromatic N) is 3. The number of carbonyl (C=O) groups excluding carboxylic acids is 1. The molecule has 3 aromatic rings. The van der Waals surface area contributed by atoms with E-state index in [-0.39, 0.29) is 12.3 Å². The van der Waals surface area contributed by atoms with E-state index in [4.69, 9.17) is 0 Å². The minimum Gasteiger partial charge on any atom is -0.386 e. The number of hydrogen-bond acceptors (Lipinski definition) is 5. The second kappa shape index (κ2) is 7.67. The van der Waals surface area contributed by atoms with Crippen LogP contribution >= 0.6 is 0 Å². The summed E-state index contributed by atoms with van der Waals surface area (Å²) in [6.45, 7) is 5.59. The SMILES string of the molecule is C=CC[C@@H](O)c1cc(C)c(-c2cnc3cc(NC(=O)[C@H]4C[C@H]4F)ncc3c2)cn1. The number of amides is 1. The third-order valence-corrected chi connectivity index (χ3v) is 5.04. The maximum absolute atomic E-state index is 13.0. The molecule has 0 spiro atoms. The number of halogens is 1. The van der Waals surface area contributed by atoms with Crippen LogP contribution in [-0.2, 0) is 4.79 Å². The maximum atomic E-state index is 13.0. The number of alkyl halides is 1. The van der Waals surface area contributed by atoms with Crippen LogP contribution in [0.1, 0.15) is 30.2 Å². The Morgan fingerprint density at radius 1 is 1.31 bits per heavy atom. The first-order chi connectivity index (χ1) is 14.0. The van der Waals surface area contributed by atoms with Gasteiger partial charge in [0.2, 0.25) is 5.91 Å². The standard InChI is InChI=1S/C22H21FN4O2/c1-3-4-20(28)19-5-12(2)16(11-25-19)13-6-14-10-26-21(8-18(14)24-9-13)27-22(29)15-7-17(15)23/h3,5-6,8-11,15,17,20,28H,1,4,7H2,2H3,(H,26,27,29)/t15-,17+,20+/m0/s1. The number of pyridine rings is 3. The molecular weight excluding hydrogens is 371 g/mol. The van der Waals surface area contributed by atoms with Gasteiger partial charge in [0.1, 0.15) is 12.0 Å². The Bertz CT molecular complexity index is 1100. The van der Waals surface area contributed by atoms with Gasteiger partial charge in [-0.3, -0.25) is 14.8 Å². The summed E-state index contributed by atoms with van der Waals surface area (Å²) in [6.07, 6.45) is 5.76. The summed E-state index contributed by atoms with van der Waals surface area (Å²) < 4.78 is 13.0. The normalized spacial score (nSPS) is 19.0. The summed E-state index contributed by atoms with van der Waals surface area (Å²) in [5.41, 5.74) is 4.04. The molecule has 4 rings (SSSR count). The van der Waals surface area contributed by atoms with Crippen LogP contribution in [0.3, 0.4) is 0 Å². The molecule has 3 heterocycles. The van der Waals surface area contributed by atoms with Crippen molar-refractivity contribution in [3.05, 3.63) is 60.7 Å². The first-order valence-electron chi connectivity index (χ1n) is 9.43.